The summed E-state index contributed by atoms with van der Waals surface area (Å²) >= 11 is 0. The zero-order valence-electron chi connectivity index (χ0n) is 27.1. The van der Waals surface area contributed by atoms with Crippen LogP contribution in [0.1, 0.15) is 126 Å². The Morgan fingerprint density at radius 1 is 0.878 bits per heavy atom. The molecule has 4 aliphatic rings. The highest BCUT2D eigenvalue weighted by molar-refractivity contribution is 5.82. The van der Waals surface area contributed by atoms with Crippen LogP contribution in [0.5, 0.6) is 0 Å². The second kappa shape index (κ2) is 11.8. The number of carboxylic acids is 2. The molecule has 4 fully saturated rings. The number of aliphatic carboxylic acids is 2. The summed E-state index contributed by atoms with van der Waals surface area (Å²) in [5, 5.41) is 19.2. The standard InChI is InChI=1S/C35H58O6/c1-20(2)29(31(38)39)30(33(4,5)6)32(40)41-23-15-17-34(7)22(19-23)10-11-24-26-13-12-25(21(3)9-14-28(36)37)35(26,8)18-16-27(24)34/h20-27,29-30H,9-19H2,1-8H3,(H,36,37)(H,38,39)/t21?,22?,23-,24-,25?,26?,27?,29?,30?,34?,35?/m1/s1. The van der Waals surface area contributed by atoms with Gasteiger partial charge in [0, 0.05) is 6.42 Å². The lowest BCUT2D eigenvalue weighted by molar-refractivity contribution is -0.177. The van der Waals surface area contributed by atoms with E-state index < -0.39 is 29.2 Å². The van der Waals surface area contributed by atoms with Crippen LogP contribution in [0, 0.1) is 69.5 Å². The highest BCUT2D eigenvalue weighted by Gasteiger charge is 2.61. The smallest absolute Gasteiger partial charge is 0.310 e. The summed E-state index contributed by atoms with van der Waals surface area (Å²) in [5.74, 6) is 0.325. The van der Waals surface area contributed by atoms with Gasteiger partial charge in [0.1, 0.15) is 6.10 Å². The quantitative estimate of drug-likeness (QED) is 0.270. The predicted molar refractivity (Wildman–Crippen MR) is 160 cm³/mol. The van der Waals surface area contributed by atoms with Gasteiger partial charge < -0.3 is 14.9 Å². The molecule has 4 aliphatic carbocycles. The van der Waals surface area contributed by atoms with Gasteiger partial charge in [-0.3, -0.25) is 14.4 Å². The molecule has 4 rings (SSSR count). The van der Waals surface area contributed by atoms with E-state index in [4.69, 9.17) is 4.74 Å². The molecule has 0 spiro atoms. The fourth-order valence-corrected chi connectivity index (χ4v) is 10.9. The molecule has 6 nitrogen and oxygen atoms in total. The van der Waals surface area contributed by atoms with E-state index in [0.717, 1.165) is 37.5 Å². The maximum atomic E-state index is 13.6. The van der Waals surface area contributed by atoms with Crippen molar-refractivity contribution in [2.45, 2.75) is 132 Å². The van der Waals surface area contributed by atoms with E-state index in [1.807, 2.05) is 34.6 Å². The summed E-state index contributed by atoms with van der Waals surface area (Å²) in [6, 6.07) is 0. The third-order valence-corrected chi connectivity index (χ3v) is 13.0. The number of rotatable bonds is 9. The Morgan fingerprint density at radius 3 is 2.10 bits per heavy atom. The van der Waals surface area contributed by atoms with E-state index in [-0.39, 0.29) is 29.8 Å². The lowest BCUT2D eigenvalue weighted by Gasteiger charge is -2.61. The second-order valence-electron chi connectivity index (χ2n) is 16.6. The molecule has 0 bridgehead atoms. The van der Waals surface area contributed by atoms with Crippen molar-refractivity contribution in [3.63, 3.8) is 0 Å². The number of carbonyl (C=O) groups excluding carboxylic acids is 1. The van der Waals surface area contributed by atoms with Gasteiger partial charge in [-0.05, 0) is 122 Å². The number of esters is 1. The molecular formula is C35H58O6. The van der Waals surface area contributed by atoms with Crippen LogP contribution in [-0.4, -0.2) is 34.2 Å². The van der Waals surface area contributed by atoms with Gasteiger partial charge in [0.15, 0.2) is 0 Å². The number of ether oxygens (including phenoxy) is 1. The van der Waals surface area contributed by atoms with Crippen molar-refractivity contribution in [1.29, 1.82) is 0 Å². The largest absolute Gasteiger partial charge is 0.481 e. The maximum Gasteiger partial charge on any atom is 0.310 e. The van der Waals surface area contributed by atoms with Crippen molar-refractivity contribution in [1.82, 2.24) is 0 Å². The molecule has 4 saturated carbocycles. The SMILES string of the molecule is CC(C)C(C(=O)O)C(C(=O)O[C@@H]1CCC2(C)C(CC[C@H]3C2CCC2(C)C(C(C)CCC(=O)O)CCC32)C1)C(C)(C)C. The minimum Gasteiger partial charge on any atom is -0.481 e. The van der Waals surface area contributed by atoms with Gasteiger partial charge in [0.2, 0.25) is 0 Å². The van der Waals surface area contributed by atoms with E-state index in [1.165, 1.54) is 38.5 Å². The minimum absolute atomic E-state index is 0.122. The Hall–Kier alpha value is -1.59. The number of hydrogen-bond donors (Lipinski definition) is 2. The normalized spacial score (nSPS) is 39.1. The fraction of sp³-hybridized carbons (Fsp3) is 0.914. The van der Waals surface area contributed by atoms with Crippen molar-refractivity contribution < 1.29 is 29.3 Å². The van der Waals surface area contributed by atoms with Crippen LogP contribution in [-0.2, 0) is 19.1 Å². The van der Waals surface area contributed by atoms with E-state index in [1.54, 1.807) is 0 Å². The Bertz CT molecular complexity index is 982. The van der Waals surface area contributed by atoms with Crippen LogP contribution in [0.3, 0.4) is 0 Å². The van der Waals surface area contributed by atoms with Gasteiger partial charge in [-0.15, -0.1) is 0 Å². The molecule has 6 heteroatoms. The Balaban J connectivity index is 1.43. The van der Waals surface area contributed by atoms with E-state index >= 15 is 0 Å². The Morgan fingerprint density at radius 2 is 1.51 bits per heavy atom. The Kier molecular flexibility index (Phi) is 9.33. The molecule has 0 radical (unpaired) electrons. The van der Waals surface area contributed by atoms with Crippen molar-refractivity contribution >= 4 is 17.9 Å². The van der Waals surface area contributed by atoms with Crippen LogP contribution in [0.4, 0.5) is 0 Å². The molecule has 9 unspecified atom stereocenters. The summed E-state index contributed by atoms with van der Waals surface area (Å²) in [6.45, 7) is 17.0. The molecule has 0 aromatic rings. The number of hydrogen-bond acceptors (Lipinski definition) is 4. The predicted octanol–water partition coefficient (Wildman–Crippen LogP) is 8.08. The summed E-state index contributed by atoms with van der Waals surface area (Å²) < 4.78 is 6.21. The van der Waals surface area contributed by atoms with Crippen molar-refractivity contribution in [2.24, 2.45) is 69.5 Å². The molecule has 0 aromatic heterocycles. The summed E-state index contributed by atoms with van der Waals surface area (Å²) in [6.07, 6.45) is 11.3. The monoisotopic (exact) mass is 574 g/mol. The molecule has 0 amide bonds. The third-order valence-electron chi connectivity index (χ3n) is 13.0. The van der Waals surface area contributed by atoms with Gasteiger partial charge in [-0.1, -0.05) is 55.4 Å². The first-order chi connectivity index (χ1) is 19.0. The average molecular weight is 575 g/mol. The van der Waals surface area contributed by atoms with Gasteiger partial charge >= 0.3 is 17.9 Å². The maximum absolute atomic E-state index is 13.6. The molecule has 0 aromatic carbocycles. The molecule has 234 valence electrons. The number of carbonyl (C=O) groups is 3. The van der Waals surface area contributed by atoms with Gasteiger partial charge in [-0.25, -0.2) is 0 Å². The van der Waals surface area contributed by atoms with Crippen molar-refractivity contribution in [3.8, 4) is 0 Å². The van der Waals surface area contributed by atoms with Crippen LogP contribution in [0.15, 0.2) is 0 Å². The first kappa shape index (κ1) is 32.3. The number of carboxylic acid groups (broad SMARTS) is 2. The van der Waals surface area contributed by atoms with E-state index in [2.05, 4.69) is 20.8 Å². The van der Waals surface area contributed by atoms with Gasteiger partial charge in [0.25, 0.3) is 0 Å². The van der Waals surface area contributed by atoms with Crippen molar-refractivity contribution in [2.75, 3.05) is 0 Å². The van der Waals surface area contributed by atoms with E-state index in [9.17, 15) is 24.6 Å². The number of fused-ring (bicyclic) bond motifs is 5. The molecular weight excluding hydrogens is 516 g/mol. The molecule has 2 N–H and O–H groups in total. The van der Waals surface area contributed by atoms with Crippen molar-refractivity contribution in [3.05, 3.63) is 0 Å². The minimum atomic E-state index is -0.916. The molecule has 0 aliphatic heterocycles. The van der Waals surface area contributed by atoms with Crippen LogP contribution in [0.25, 0.3) is 0 Å². The molecule has 41 heavy (non-hydrogen) atoms. The first-order valence-electron chi connectivity index (χ1n) is 16.7. The summed E-state index contributed by atoms with van der Waals surface area (Å²) in [5.41, 5.74) is 0.101. The van der Waals surface area contributed by atoms with Crippen LogP contribution in [0.2, 0.25) is 0 Å². The highest BCUT2D eigenvalue weighted by Crippen LogP contribution is 2.68. The fourth-order valence-electron chi connectivity index (χ4n) is 10.9. The zero-order chi connectivity index (χ0) is 30.5. The second-order valence-corrected chi connectivity index (χ2v) is 16.6. The van der Waals surface area contributed by atoms with E-state index in [0.29, 0.717) is 29.1 Å². The van der Waals surface area contributed by atoms with Gasteiger partial charge in [-0.2, -0.15) is 0 Å². The van der Waals surface area contributed by atoms with Gasteiger partial charge in [0.05, 0.1) is 11.8 Å². The lowest BCUT2D eigenvalue weighted by Crippen LogP contribution is -2.54. The molecule has 11 atom stereocenters. The van der Waals surface area contributed by atoms with Crippen LogP contribution >= 0.6 is 0 Å². The third kappa shape index (κ3) is 6.09. The Labute approximate surface area is 248 Å². The summed E-state index contributed by atoms with van der Waals surface area (Å²) in [4.78, 5) is 37.0. The average Bonchev–Trinajstić information content (AvgIpc) is 3.22. The molecule has 0 heterocycles. The summed E-state index contributed by atoms with van der Waals surface area (Å²) in [7, 11) is 0. The topological polar surface area (TPSA) is 101 Å². The molecule has 0 saturated heterocycles. The first-order valence-corrected chi connectivity index (χ1v) is 16.7. The van der Waals surface area contributed by atoms with Crippen LogP contribution < -0.4 is 0 Å². The highest BCUT2D eigenvalue weighted by atomic mass is 16.5. The zero-order valence-corrected chi connectivity index (χ0v) is 27.1. The lowest BCUT2D eigenvalue weighted by atomic mass is 9.44.